The van der Waals surface area contributed by atoms with Gasteiger partial charge < -0.3 is 19.3 Å². The van der Waals surface area contributed by atoms with E-state index < -0.39 is 12.4 Å². The SMILES string of the molecule is CCOC(O)COc1ccc2c(c1)ncn2-c1ccc(NC(=O)Oc2ccccc2)cc1. The molecule has 2 N–H and O–H groups in total. The average molecular weight is 433 g/mol. The van der Waals surface area contributed by atoms with Gasteiger partial charge in [-0.2, -0.15) is 0 Å². The van der Waals surface area contributed by atoms with Crippen LogP contribution >= 0.6 is 0 Å². The number of imidazole rings is 1. The summed E-state index contributed by atoms with van der Waals surface area (Å²) in [5.41, 5.74) is 3.14. The molecule has 1 atom stereocenters. The van der Waals surface area contributed by atoms with Gasteiger partial charge in [0.15, 0.2) is 6.29 Å². The van der Waals surface area contributed by atoms with Crippen LogP contribution in [-0.4, -0.2) is 40.3 Å². The first-order valence-corrected chi connectivity index (χ1v) is 10.2. The molecule has 4 aromatic rings. The van der Waals surface area contributed by atoms with Gasteiger partial charge in [-0.1, -0.05) is 18.2 Å². The van der Waals surface area contributed by atoms with E-state index in [-0.39, 0.29) is 6.61 Å². The summed E-state index contributed by atoms with van der Waals surface area (Å²) in [7, 11) is 0. The summed E-state index contributed by atoms with van der Waals surface area (Å²) in [5.74, 6) is 1.07. The Bertz CT molecular complexity index is 1180. The molecule has 0 bridgehead atoms. The largest absolute Gasteiger partial charge is 0.488 e. The smallest absolute Gasteiger partial charge is 0.417 e. The van der Waals surface area contributed by atoms with E-state index in [1.165, 1.54) is 0 Å². The van der Waals surface area contributed by atoms with Crippen molar-refractivity contribution in [3.05, 3.63) is 79.1 Å². The maximum Gasteiger partial charge on any atom is 0.417 e. The number of carbonyl (C=O) groups excluding carboxylic acids is 1. The number of carbonyl (C=O) groups is 1. The molecule has 0 fully saturated rings. The summed E-state index contributed by atoms with van der Waals surface area (Å²) in [4.78, 5) is 16.5. The van der Waals surface area contributed by atoms with Gasteiger partial charge in [0.05, 0.1) is 11.0 Å². The maximum absolute atomic E-state index is 12.1. The van der Waals surface area contributed by atoms with Crippen LogP contribution in [0.1, 0.15) is 6.92 Å². The molecule has 0 saturated carbocycles. The number of rotatable bonds is 8. The number of aliphatic hydroxyl groups excluding tert-OH is 1. The third kappa shape index (κ3) is 5.23. The first kappa shape index (κ1) is 21.4. The number of nitrogens with zero attached hydrogens (tertiary/aromatic N) is 2. The second-order valence-corrected chi connectivity index (χ2v) is 6.86. The van der Waals surface area contributed by atoms with Crippen molar-refractivity contribution in [1.82, 2.24) is 9.55 Å². The zero-order valence-electron chi connectivity index (χ0n) is 17.5. The maximum atomic E-state index is 12.1. The molecule has 8 nitrogen and oxygen atoms in total. The van der Waals surface area contributed by atoms with Gasteiger partial charge in [0.25, 0.3) is 0 Å². The highest BCUT2D eigenvalue weighted by molar-refractivity contribution is 5.86. The molecule has 0 saturated heterocycles. The van der Waals surface area contributed by atoms with Gasteiger partial charge >= 0.3 is 6.09 Å². The van der Waals surface area contributed by atoms with Crippen molar-refractivity contribution in [3.8, 4) is 17.2 Å². The van der Waals surface area contributed by atoms with Crippen molar-refractivity contribution < 1.29 is 24.1 Å². The summed E-state index contributed by atoms with van der Waals surface area (Å²) in [6.45, 7) is 2.26. The molecular weight excluding hydrogens is 410 g/mol. The Morgan fingerprint density at radius 3 is 2.59 bits per heavy atom. The standard InChI is InChI=1S/C24H23N3O5/c1-2-30-23(28)15-31-20-12-13-22-21(14-20)25-16-27(22)18-10-8-17(9-11-18)26-24(29)32-19-6-4-3-5-7-19/h3-14,16,23,28H,2,15H2,1H3,(H,26,29). The Kier molecular flexibility index (Phi) is 6.64. The molecule has 0 radical (unpaired) electrons. The summed E-state index contributed by atoms with van der Waals surface area (Å²) < 4.78 is 17.8. The van der Waals surface area contributed by atoms with Gasteiger partial charge in [-0.15, -0.1) is 0 Å². The first-order valence-electron chi connectivity index (χ1n) is 10.2. The first-order chi connectivity index (χ1) is 15.6. The summed E-state index contributed by atoms with van der Waals surface area (Å²) >= 11 is 0. The van der Waals surface area contributed by atoms with E-state index in [0.29, 0.717) is 23.8 Å². The van der Waals surface area contributed by atoms with Crippen molar-refractivity contribution in [3.63, 3.8) is 0 Å². The van der Waals surface area contributed by atoms with Crippen molar-refractivity contribution in [2.45, 2.75) is 13.2 Å². The van der Waals surface area contributed by atoms with Crippen molar-refractivity contribution in [2.24, 2.45) is 0 Å². The number of benzene rings is 3. The third-order valence-electron chi connectivity index (χ3n) is 4.62. The van der Waals surface area contributed by atoms with E-state index in [9.17, 15) is 9.90 Å². The van der Waals surface area contributed by atoms with E-state index in [2.05, 4.69) is 10.3 Å². The van der Waals surface area contributed by atoms with Gasteiger partial charge in [-0.25, -0.2) is 9.78 Å². The minimum atomic E-state index is -0.967. The number of hydrogen-bond donors (Lipinski definition) is 2. The number of aromatic nitrogens is 2. The molecule has 1 amide bonds. The molecule has 4 rings (SSSR count). The van der Waals surface area contributed by atoms with Crippen LogP contribution in [0.25, 0.3) is 16.7 Å². The molecule has 1 heterocycles. The molecule has 1 unspecified atom stereocenters. The van der Waals surface area contributed by atoms with Crippen LogP contribution in [0.2, 0.25) is 0 Å². The lowest BCUT2D eigenvalue weighted by molar-refractivity contribution is -0.115. The van der Waals surface area contributed by atoms with E-state index in [1.807, 2.05) is 34.9 Å². The lowest BCUT2D eigenvalue weighted by Crippen LogP contribution is -2.20. The second kappa shape index (κ2) is 9.95. The third-order valence-corrected chi connectivity index (χ3v) is 4.62. The normalized spacial score (nSPS) is 11.8. The number of aliphatic hydroxyl groups is 1. The van der Waals surface area contributed by atoms with E-state index >= 15 is 0 Å². The Balaban J connectivity index is 1.42. The monoisotopic (exact) mass is 433 g/mol. The number of nitrogens with one attached hydrogen (secondary N) is 1. The predicted octanol–water partition coefficient (Wildman–Crippen LogP) is 4.37. The van der Waals surface area contributed by atoms with Gasteiger partial charge in [-0.05, 0) is 55.5 Å². The van der Waals surface area contributed by atoms with E-state index in [1.54, 1.807) is 55.7 Å². The molecule has 0 spiro atoms. The molecule has 1 aromatic heterocycles. The lowest BCUT2D eigenvalue weighted by atomic mass is 10.2. The van der Waals surface area contributed by atoms with Crippen LogP contribution in [-0.2, 0) is 4.74 Å². The quantitative estimate of drug-likeness (QED) is 0.401. The number of hydrogen-bond acceptors (Lipinski definition) is 6. The molecule has 32 heavy (non-hydrogen) atoms. The molecule has 0 aliphatic heterocycles. The Labute approximate surface area is 185 Å². The fourth-order valence-corrected chi connectivity index (χ4v) is 3.14. The van der Waals surface area contributed by atoms with Crippen molar-refractivity contribution >= 4 is 22.8 Å². The number of amides is 1. The Morgan fingerprint density at radius 1 is 1.06 bits per heavy atom. The van der Waals surface area contributed by atoms with Crippen LogP contribution in [0, 0.1) is 0 Å². The lowest BCUT2D eigenvalue weighted by Gasteiger charge is -2.12. The van der Waals surface area contributed by atoms with Crippen LogP contribution < -0.4 is 14.8 Å². The minimum absolute atomic E-state index is 0.0429. The highest BCUT2D eigenvalue weighted by atomic mass is 16.6. The summed E-state index contributed by atoms with van der Waals surface area (Å²) in [6.07, 6.45) is 0.194. The van der Waals surface area contributed by atoms with Crippen molar-refractivity contribution in [1.29, 1.82) is 0 Å². The highest BCUT2D eigenvalue weighted by Gasteiger charge is 2.09. The van der Waals surface area contributed by atoms with Crippen LogP contribution in [0.5, 0.6) is 11.5 Å². The van der Waals surface area contributed by atoms with Gasteiger partial charge in [0.1, 0.15) is 24.4 Å². The zero-order valence-corrected chi connectivity index (χ0v) is 17.5. The summed E-state index contributed by atoms with van der Waals surface area (Å²) in [5, 5.41) is 12.3. The zero-order chi connectivity index (χ0) is 22.3. The molecule has 0 aliphatic rings. The average Bonchev–Trinajstić information content (AvgIpc) is 3.22. The van der Waals surface area contributed by atoms with Gasteiger partial charge in [0, 0.05) is 24.0 Å². The molecule has 0 aliphatic carbocycles. The van der Waals surface area contributed by atoms with Crippen LogP contribution in [0.4, 0.5) is 10.5 Å². The second-order valence-electron chi connectivity index (χ2n) is 6.86. The van der Waals surface area contributed by atoms with Crippen LogP contribution in [0.3, 0.4) is 0 Å². The van der Waals surface area contributed by atoms with Gasteiger partial charge in [-0.3, -0.25) is 9.88 Å². The fraction of sp³-hybridized carbons (Fsp3) is 0.167. The van der Waals surface area contributed by atoms with Crippen molar-refractivity contribution in [2.75, 3.05) is 18.5 Å². The number of fused-ring (bicyclic) bond motifs is 1. The summed E-state index contributed by atoms with van der Waals surface area (Å²) in [6, 6.07) is 21.7. The Morgan fingerprint density at radius 2 is 1.84 bits per heavy atom. The molecule has 8 heteroatoms. The number of anilines is 1. The number of ether oxygens (including phenoxy) is 3. The molecule has 164 valence electrons. The topological polar surface area (TPSA) is 94.8 Å². The Hall–Kier alpha value is -3.88. The van der Waals surface area contributed by atoms with Gasteiger partial charge in [0.2, 0.25) is 0 Å². The van der Waals surface area contributed by atoms with E-state index in [4.69, 9.17) is 14.2 Å². The molecule has 3 aromatic carbocycles. The minimum Gasteiger partial charge on any atom is -0.488 e. The van der Waals surface area contributed by atoms with E-state index in [0.717, 1.165) is 16.7 Å². The number of para-hydroxylation sites is 1. The fourth-order valence-electron chi connectivity index (χ4n) is 3.14. The highest BCUT2D eigenvalue weighted by Crippen LogP contribution is 2.24. The molecular formula is C24H23N3O5. The predicted molar refractivity (Wildman–Crippen MR) is 120 cm³/mol. The van der Waals surface area contributed by atoms with Crippen LogP contribution in [0.15, 0.2) is 79.1 Å².